The molecule has 0 spiro atoms. The van der Waals surface area contributed by atoms with Crippen LogP contribution in [0.15, 0.2) is 0 Å². The van der Waals surface area contributed by atoms with Crippen molar-refractivity contribution in [2.75, 3.05) is 0 Å². The fourth-order valence-electron chi connectivity index (χ4n) is 1.48. The summed E-state index contributed by atoms with van der Waals surface area (Å²) in [5, 5.41) is 12.7. The van der Waals surface area contributed by atoms with Gasteiger partial charge < -0.3 is 11.1 Å². The summed E-state index contributed by atoms with van der Waals surface area (Å²) in [5.74, 6) is 0.667. The molecule has 102 valence electrons. The molecule has 0 saturated heterocycles. The van der Waals surface area contributed by atoms with Gasteiger partial charge in [-0.1, -0.05) is 39.0 Å². The van der Waals surface area contributed by atoms with Gasteiger partial charge in [0.05, 0.1) is 12.6 Å². The smallest absolute Gasteiger partial charge is 0.237 e. The van der Waals surface area contributed by atoms with Gasteiger partial charge in [-0.3, -0.25) is 4.79 Å². The van der Waals surface area contributed by atoms with Crippen LogP contribution >= 0.6 is 11.3 Å². The van der Waals surface area contributed by atoms with E-state index in [-0.39, 0.29) is 5.91 Å². The Balaban J connectivity index is 2.42. The minimum Gasteiger partial charge on any atom is -0.348 e. The SMILES string of the molecule is CC(C)C[C@H](N)C(=O)NCc1nnc(C(C)C)s1. The van der Waals surface area contributed by atoms with Crippen molar-refractivity contribution in [2.45, 2.75) is 52.6 Å². The van der Waals surface area contributed by atoms with Crippen molar-refractivity contribution in [3.63, 3.8) is 0 Å². The molecular formula is C12H22N4OS. The van der Waals surface area contributed by atoms with Gasteiger partial charge in [-0.25, -0.2) is 0 Å². The van der Waals surface area contributed by atoms with Crippen LogP contribution in [0.3, 0.4) is 0 Å². The number of nitrogens with one attached hydrogen (secondary N) is 1. The Bertz CT molecular complexity index is 389. The number of hydrogen-bond donors (Lipinski definition) is 2. The first kappa shape index (κ1) is 15.0. The Morgan fingerprint density at radius 3 is 2.50 bits per heavy atom. The molecule has 0 aliphatic rings. The number of rotatable bonds is 6. The lowest BCUT2D eigenvalue weighted by molar-refractivity contribution is -0.122. The average molecular weight is 270 g/mol. The molecule has 0 radical (unpaired) electrons. The third-order valence-electron chi connectivity index (χ3n) is 2.45. The number of hydrogen-bond acceptors (Lipinski definition) is 5. The van der Waals surface area contributed by atoms with Crippen molar-refractivity contribution in [1.29, 1.82) is 0 Å². The molecule has 5 nitrogen and oxygen atoms in total. The molecule has 0 fully saturated rings. The summed E-state index contributed by atoms with van der Waals surface area (Å²) in [4.78, 5) is 11.7. The van der Waals surface area contributed by atoms with E-state index in [1.54, 1.807) is 0 Å². The summed E-state index contributed by atoms with van der Waals surface area (Å²) >= 11 is 1.53. The summed E-state index contributed by atoms with van der Waals surface area (Å²) < 4.78 is 0. The predicted octanol–water partition coefficient (Wildman–Crippen LogP) is 1.65. The molecule has 1 rings (SSSR count). The van der Waals surface area contributed by atoms with Crippen molar-refractivity contribution in [2.24, 2.45) is 11.7 Å². The number of aromatic nitrogens is 2. The van der Waals surface area contributed by atoms with Crippen molar-refractivity contribution in [3.05, 3.63) is 10.0 Å². The predicted molar refractivity (Wildman–Crippen MR) is 73.3 cm³/mol. The number of nitrogens with two attached hydrogens (primary N) is 1. The molecule has 6 heteroatoms. The van der Waals surface area contributed by atoms with Crippen molar-refractivity contribution in [3.8, 4) is 0 Å². The third-order valence-corrected chi connectivity index (χ3v) is 3.68. The van der Waals surface area contributed by atoms with Crippen LogP contribution in [0.1, 0.15) is 50.0 Å². The maximum Gasteiger partial charge on any atom is 0.237 e. The Labute approximate surface area is 112 Å². The normalized spacial score (nSPS) is 13.1. The second-order valence-corrected chi connectivity index (χ2v) is 6.24. The zero-order valence-electron chi connectivity index (χ0n) is 11.4. The van der Waals surface area contributed by atoms with Crippen LogP contribution < -0.4 is 11.1 Å². The molecule has 18 heavy (non-hydrogen) atoms. The number of carbonyl (C=O) groups excluding carboxylic acids is 1. The Kier molecular flexibility index (Phi) is 5.68. The van der Waals surface area contributed by atoms with E-state index in [9.17, 15) is 4.79 Å². The Morgan fingerprint density at radius 2 is 2.00 bits per heavy atom. The number of nitrogens with zero attached hydrogens (tertiary/aromatic N) is 2. The van der Waals surface area contributed by atoms with E-state index in [4.69, 9.17) is 5.73 Å². The number of carbonyl (C=O) groups is 1. The molecule has 0 saturated carbocycles. The third kappa shape index (κ3) is 4.70. The van der Waals surface area contributed by atoms with E-state index >= 15 is 0 Å². The van der Waals surface area contributed by atoms with Gasteiger partial charge in [0.25, 0.3) is 0 Å². The molecule has 1 aromatic rings. The minimum absolute atomic E-state index is 0.120. The summed E-state index contributed by atoms with van der Waals surface area (Å²) in [6.45, 7) is 8.65. The van der Waals surface area contributed by atoms with Gasteiger partial charge in [-0.15, -0.1) is 10.2 Å². The minimum atomic E-state index is -0.442. The first-order valence-electron chi connectivity index (χ1n) is 6.25. The second kappa shape index (κ2) is 6.80. The Hall–Kier alpha value is -1.01. The summed E-state index contributed by atoms with van der Waals surface area (Å²) in [7, 11) is 0. The van der Waals surface area contributed by atoms with Crippen LogP contribution in [-0.2, 0) is 11.3 Å². The monoisotopic (exact) mass is 270 g/mol. The molecule has 0 unspecified atom stereocenters. The van der Waals surface area contributed by atoms with E-state index in [0.29, 0.717) is 24.8 Å². The fourth-order valence-corrected chi connectivity index (χ4v) is 2.26. The van der Waals surface area contributed by atoms with E-state index < -0.39 is 6.04 Å². The maximum absolute atomic E-state index is 11.7. The average Bonchev–Trinajstić information content (AvgIpc) is 2.73. The first-order valence-corrected chi connectivity index (χ1v) is 7.07. The molecule has 0 aliphatic heterocycles. The molecule has 0 aliphatic carbocycles. The van der Waals surface area contributed by atoms with Crippen LogP contribution in [0.2, 0.25) is 0 Å². The van der Waals surface area contributed by atoms with E-state index in [2.05, 4.69) is 29.4 Å². The quantitative estimate of drug-likeness (QED) is 0.823. The van der Waals surface area contributed by atoms with Crippen molar-refractivity contribution >= 4 is 17.2 Å². The highest BCUT2D eigenvalue weighted by atomic mass is 32.1. The molecule has 1 heterocycles. The molecule has 0 bridgehead atoms. The van der Waals surface area contributed by atoms with Crippen LogP contribution in [0, 0.1) is 5.92 Å². The standard InChI is InChI=1S/C12H22N4OS/c1-7(2)5-9(13)11(17)14-6-10-15-16-12(18-10)8(3)4/h7-9H,5-6,13H2,1-4H3,(H,14,17)/t9-/m0/s1. The first-order chi connectivity index (χ1) is 8.40. The van der Waals surface area contributed by atoms with Gasteiger partial charge in [0.2, 0.25) is 5.91 Å². The lowest BCUT2D eigenvalue weighted by atomic mass is 10.0. The highest BCUT2D eigenvalue weighted by molar-refractivity contribution is 7.11. The zero-order chi connectivity index (χ0) is 13.7. The zero-order valence-corrected chi connectivity index (χ0v) is 12.3. The largest absolute Gasteiger partial charge is 0.348 e. The van der Waals surface area contributed by atoms with Crippen LogP contribution in [0.5, 0.6) is 0 Å². The molecular weight excluding hydrogens is 248 g/mol. The Morgan fingerprint density at radius 1 is 1.33 bits per heavy atom. The van der Waals surface area contributed by atoms with E-state index in [1.807, 2.05) is 13.8 Å². The molecule has 1 aromatic heterocycles. The van der Waals surface area contributed by atoms with Gasteiger partial charge in [-0.2, -0.15) is 0 Å². The summed E-state index contributed by atoms with van der Waals surface area (Å²) in [6, 6.07) is -0.442. The maximum atomic E-state index is 11.7. The lowest BCUT2D eigenvalue weighted by Gasteiger charge is -2.13. The fraction of sp³-hybridized carbons (Fsp3) is 0.750. The van der Waals surface area contributed by atoms with Gasteiger partial charge in [0.1, 0.15) is 10.0 Å². The number of amides is 1. The van der Waals surface area contributed by atoms with Gasteiger partial charge in [0.15, 0.2) is 0 Å². The molecule has 0 aromatic carbocycles. The van der Waals surface area contributed by atoms with E-state index in [0.717, 1.165) is 10.0 Å². The van der Waals surface area contributed by atoms with Gasteiger partial charge in [0, 0.05) is 5.92 Å². The van der Waals surface area contributed by atoms with Crippen LogP contribution in [0.25, 0.3) is 0 Å². The molecule has 1 atom stereocenters. The second-order valence-electron chi connectivity index (χ2n) is 5.14. The molecule has 3 N–H and O–H groups in total. The highest BCUT2D eigenvalue weighted by Gasteiger charge is 2.15. The molecule has 1 amide bonds. The van der Waals surface area contributed by atoms with Crippen LogP contribution in [-0.4, -0.2) is 22.1 Å². The van der Waals surface area contributed by atoms with Crippen molar-refractivity contribution in [1.82, 2.24) is 15.5 Å². The lowest BCUT2D eigenvalue weighted by Crippen LogP contribution is -2.41. The summed E-state index contributed by atoms with van der Waals surface area (Å²) in [6.07, 6.45) is 0.694. The van der Waals surface area contributed by atoms with Gasteiger partial charge in [-0.05, 0) is 12.3 Å². The van der Waals surface area contributed by atoms with Gasteiger partial charge >= 0.3 is 0 Å². The summed E-state index contributed by atoms with van der Waals surface area (Å²) in [5.41, 5.74) is 5.79. The van der Waals surface area contributed by atoms with Crippen LogP contribution in [0.4, 0.5) is 0 Å². The highest BCUT2D eigenvalue weighted by Crippen LogP contribution is 2.18. The van der Waals surface area contributed by atoms with Crippen molar-refractivity contribution < 1.29 is 4.79 Å². The van der Waals surface area contributed by atoms with E-state index in [1.165, 1.54) is 11.3 Å². The topological polar surface area (TPSA) is 80.9 Å².